The molecule has 0 spiro atoms. The van der Waals surface area contributed by atoms with Crippen LogP contribution in [0.5, 0.6) is 0 Å². The van der Waals surface area contributed by atoms with E-state index >= 15 is 0 Å². The highest BCUT2D eigenvalue weighted by Gasteiger charge is 2.35. The van der Waals surface area contributed by atoms with Crippen molar-refractivity contribution in [3.05, 3.63) is 28.8 Å². The summed E-state index contributed by atoms with van der Waals surface area (Å²) in [4.78, 5) is 0.280. The largest absolute Gasteiger partial charge is 0.243 e. The van der Waals surface area contributed by atoms with Crippen LogP contribution in [-0.4, -0.2) is 25.8 Å². The minimum atomic E-state index is -3.45. The molecule has 3 nitrogen and oxygen atoms in total. The Balaban J connectivity index is 1.86. The third-order valence-electron chi connectivity index (χ3n) is 4.12. The van der Waals surface area contributed by atoms with E-state index in [9.17, 15) is 8.42 Å². The van der Waals surface area contributed by atoms with Gasteiger partial charge >= 0.3 is 0 Å². The molecular formula is C15H19Cl2NO2S. The fourth-order valence-electron chi connectivity index (χ4n) is 2.39. The van der Waals surface area contributed by atoms with Crippen molar-refractivity contribution in [3.8, 4) is 0 Å². The second kappa shape index (κ2) is 6.07. The standard InChI is InChI=1S/C15H19Cl2NO2S/c16-8-13-5-6-14(7-15(13)17)21(19,20)18(9-11-1-2-11)10-12-3-4-12/h5-7,11-12H,1-4,8-10H2. The molecule has 2 fully saturated rings. The lowest BCUT2D eigenvalue weighted by Gasteiger charge is -2.22. The molecule has 2 aliphatic carbocycles. The van der Waals surface area contributed by atoms with E-state index in [1.54, 1.807) is 16.4 Å². The number of hydrogen-bond donors (Lipinski definition) is 0. The van der Waals surface area contributed by atoms with Crippen LogP contribution in [-0.2, 0) is 15.9 Å². The average Bonchev–Trinajstić information content (AvgIpc) is 3.33. The Kier molecular flexibility index (Phi) is 4.51. The number of nitrogens with zero attached hydrogens (tertiary/aromatic N) is 1. The molecule has 116 valence electrons. The first kappa shape index (κ1) is 15.6. The number of alkyl halides is 1. The molecule has 21 heavy (non-hydrogen) atoms. The van der Waals surface area contributed by atoms with Gasteiger partial charge in [-0.1, -0.05) is 17.7 Å². The molecule has 2 aliphatic rings. The monoisotopic (exact) mass is 347 g/mol. The third-order valence-corrected chi connectivity index (χ3v) is 6.59. The molecule has 1 aromatic carbocycles. The summed E-state index contributed by atoms with van der Waals surface area (Å²) in [5.41, 5.74) is 0.758. The summed E-state index contributed by atoms with van der Waals surface area (Å²) in [6.45, 7) is 1.29. The Bertz CT molecular complexity index is 611. The van der Waals surface area contributed by atoms with Gasteiger partial charge in [0, 0.05) is 24.0 Å². The van der Waals surface area contributed by atoms with E-state index in [1.165, 1.54) is 6.07 Å². The van der Waals surface area contributed by atoms with Gasteiger partial charge in [0.15, 0.2) is 0 Å². The van der Waals surface area contributed by atoms with Crippen molar-refractivity contribution < 1.29 is 8.42 Å². The van der Waals surface area contributed by atoms with Gasteiger partial charge in [-0.2, -0.15) is 4.31 Å². The molecule has 0 aliphatic heterocycles. The van der Waals surface area contributed by atoms with Crippen LogP contribution < -0.4 is 0 Å². The number of halogens is 2. The molecule has 0 N–H and O–H groups in total. The van der Waals surface area contributed by atoms with Crippen LogP contribution in [0.25, 0.3) is 0 Å². The van der Waals surface area contributed by atoms with Gasteiger partial charge in [-0.15, -0.1) is 11.6 Å². The van der Waals surface area contributed by atoms with Crippen LogP contribution in [0.15, 0.2) is 23.1 Å². The lowest BCUT2D eigenvalue weighted by Crippen LogP contribution is -2.34. The van der Waals surface area contributed by atoms with Crippen LogP contribution in [0.3, 0.4) is 0 Å². The minimum absolute atomic E-state index is 0.280. The zero-order valence-corrected chi connectivity index (χ0v) is 14.1. The van der Waals surface area contributed by atoms with Gasteiger partial charge in [0.1, 0.15) is 0 Å². The fraction of sp³-hybridized carbons (Fsp3) is 0.600. The zero-order chi connectivity index (χ0) is 15.0. The van der Waals surface area contributed by atoms with E-state index in [1.807, 2.05) is 0 Å². The Morgan fingerprint density at radius 2 is 1.67 bits per heavy atom. The molecule has 3 rings (SSSR count). The zero-order valence-electron chi connectivity index (χ0n) is 11.8. The van der Waals surface area contributed by atoms with Crippen LogP contribution in [0.2, 0.25) is 5.02 Å². The van der Waals surface area contributed by atoms with Crippen molar-refractivity contribution in [2.24, 2.45) is 11.8 Å². The maximum absolute atomic E-state index is 12.8. The summed E-state index contributed by atoms with van der Waals surface area (Å²) in [6.07, 6.45) is 4.57. The first-order valence-electron chi connectivity index (χ1n) is 7.35. The quantitative estimate of drug-likeness (QED) is 0.701. The van der Waals surface area contributed by atoms with Crippen molar-refractivity contribution in [2.75, 3.05) is 13.1 Å². The number of hydrogen-bond acceptors (Lipinski definition) is 2. The number of benzene rings is 1. The number of rotatable bonds is 7. The Morgan fingerprint density at radius 3 is 2.10 bits per heavy atom. The van der Waals surface area contributed by atoms with Crippen molar-refractivity contribution >= 4 is 33.2 Å². The van der Waals surface area contributed by atoms with Crippen molar-refractivity contribution in [3.63, 3.8) is 0 Å². The molecule has 2 saturated carbocycles. The lowest BCUT2D eigenvalue weighted by atomic mass is 10.2. The van der Waals surface area contributed by atoms with Crippen LogP contribution >= 0.6 is 23.2 Å². The van der Waals surface area contributed by atoms with E-state index in [4.69, 9.17) is 23.2 Å². The molecule has 0 amide bonds. The van der Waals surface area contributed by atoms with Crippen molar-refractivity contribution in [1.29, 1.82) is 0 Å². The summed E-state index contributed by atoms with van der Waals surface area (Å²) in [7, 11) is -3.45. The summed E-state index contributed by atoms with van der Waals surface area (Å²) in [5, 5.41) is 0.420. The van der Waals surface area contributed by atoms with Gasteiger partial charge in [-0.25, -0.2) is 8.42 Å². The highest BCUT2D eigenvalue weighted by Crippen LogP contribution is 2.36. The topological polar surface area (TPSA) is 37.4 Å². The van der Waals surface area contributed by atoms with Crippen molar-refractivity contribution in [1.82, 2.24) is 4.31 Å². The van der Waals surface area contributed by atoms with E-state index in [0.29, 0.717) is 29.9 Å². The third kappa shape index (κ3) is 3.73. The summed E-state index contributed by atoms with van der Waals surface area (Å²) in [5.74, 6) is 1.36. The van der Waals surface area contributed by atoms with Crippen LogP contribution in [0, 0.1) is 11.8 Å². The van der Waals surface area contributed by atoms with Crippen LogP contribution in [0.1, 0.15) is 31.2 Å². The van der Waals surface area contributed by atoms with Gasteiger partial charge in [0.2, 0.25) is 10.0 Å². The highest BCUT2D eigenvalue weighted by atomic mass is 35.5. The molecule has 0 radical (unpaired) electrons. The summed E-state index contributed by atoms with van der Waals surface area (Å²) < 4.78 is 27.4. The molecular weight excluding hydrogens is 329 g/mol. The van der Waals surface area contributed by atoms with Gasteiger partial charge in [-0.3, -0.25) is 0 Å². The minimum Gasteiger partial charge on any atom is -0.207 e. The highest BCUT2D eigenvalue weighted by molar-refractivity contribution is 7.89. The van der Waals surface area contributed by atoms with Gasteiger partial charge in [-0.05, 0) is 55.2 Å². The van der Waals surface area contributed by atoms with E-state index in [2.05, 4.69) is 0 Å². The molecule has 0 aromatic heterocycles. The maximum Gasteiger partial charge on any atom is 0.243 e. The second-order valence-corrected chi connectivity index (χ2v) is 8.71. The molecule has 0 unspecified atom stereocenters. The fourth-order valence-corrected chi connectivity index (χ4v) is 4.63. The smallest absolute Gasteiger partial charge is 0.207 e. The number of sulfonamides is 1. The Morgan fingerprint density at radius 1 is 1.10 bits per heavy atom. The molecule has 0 saturated heterocycles. The van der Waals surface area contributed by atoms with Gasteiger partial charge in [0.05, 0.1) is 4.90 Å². The predicted molar refractivity (Wildman–Crippen MR) is 85.2 cm³/mol. The van der Waals surface area contributed by atoms with Crippen LogP contribution in [0.4, 0.5) is 0 Å². The van der Waals surface area contributed by atoms with Gasteiger partial charge < -0.3 is 0 Å². The van der Waals surface area contributed by atoms with E-state index in [-0.39, 0.29) is 10.8 Å². The normalized spacial score (nSPS) is 19.2. The summed E-state index contributed by atoms with van der Waals surface area (Å²) >= 11 is 11.9. The predicted octanol–water partition coefficient (Wildman–Crippen LogP) is 3.89. The first-order valence-corrected chi connectivity index (χ1v) is 9.70. The van der Waals surface area contributed by atoms with Crippen molar-refractivity contribution in [2.45, 2.75) is 36.5 Å². The second-order valence-electron chi connectivity index (χ2n) is 6.10. The first-order chi connectivity index (χ1) is 10.0. The SMILES string of the molecule is O=S(=O)(c1ccc(CCl)c(Cl)c1)N(CC1CC1)CC1CC1. The lowest BCUT2D eigenvalue weighted by molar-refractivity contribution is 0.382. The van der Waals surface area contributed by atoms with E-state index < -0.39 is 10.0 Å². The average molecular weight is 348 g/mol. The Labute approximate surface area is 136 Å². The molecule has 1 aromatic rings. The molecule has 0 heterocycles. The van der Waals surface area contributed by atoms with Gasteiger partial charge in [0.25, 0.3) is 0 Å². The Hall–Kier alpha value is -0.290. The summed E-state index contributed by atoms with van der Waals surface area (Å²) in [6, 6.07) is 4.85. The molecule has 0 atom stereocenters. The van der Waals surface area contributed by atoms with E-state index in [0.717, 1.165) is 31.2 Å². The molecule has 6 heteroatoms. The maximum atomic E-state index is 12.8. The molecule has 0 bridgehead atoms.